The molecule has 0 aliphatic rings. The first-order valence-electron chi connectivity index (χ1n) is 6.19. The lowest BCUT2D eigenvalue weighted by atomic mass is 10.2. The van der Waals surface area contributed by atoms with Gasteiger partial charge in [0.25, 0.3) is 0 Å². The quantitative estimate of drug-likeness (QED) is 0.543. The molecule has 1 nitrogen and oxygen atoms in total. The van der Waals surface area contributed by atoms with Gasteiger partial charge >= 0.3 is 0 Å². The van der Waals surface area contributed by atoms with Gasteiger partial charge in [0.15, 0.2) is 0 Å². The average Bonchev–Trinajstić information content (AvgIpc) is 3.11. The lowest BCUT2D eigenvalue weighted by Crippen LogP contribution is -1.81. The topological polar surface area (TPSA) is 12.4 Å². The van der Waals surface area contributed by atoms with Crippen LogP contribution in [0.5, 0.6) is 0 Å². The molecule has 0 saturated carbocycles. The van der Waals surface area contributed by atoms with Crippen LogP contribution in [-0.2, 0) is 6.54 Å². The van der Waals surface area contributed by atoms with Gasteiger partial charge in [0.1, 0.15) is 0 Å². The summed E-state index contributed by atoms with van der Waals surface area (Å²) in [5, 5.41) is 2.86. The van der Waals surface area contributed by atoms with Crippen molar-refractivity contribution in [3.63, 3.8) is 0 Å². The zero-order valence-corrected chi connectivity index (χ0v) is 13.0. The molecule has 0 atom stereocenters. The van der Waals surface area contributed by atoms with Crippen molar-refractivity contribution < 1.29 is 0 Å². The molecule has 2 heterocycles. The fourth-order valence-corrected chi connectivity index (χ4v) is 3.71. The highest BCUT2D eigenvalue weighted by molar-refractivity contribution is 7.21. The fraction of sp³-hybridized carbons (Fsp3) is 0.0625. The van der Waals surface area contributed by atoms with Gasteiger partial charge in [0, 0.05) is 25.9 Å². The Morgan fingerprint density at radius 1 is 1.00 bits per heavy atom. The number of hydrogen-bond acceptors (Lipinski definition) is 3. The van der Waals surface area contributed by atoms with Crippen molar-refractivity contribution >= 4 is 40.5 Å². The summed E-state index contributed by atoms with van der Waals surface area (Å²) < 4.78 is 0. The average molecular weight is 318 g/mol. The molecule has 0 spiro atoms. The monoisotopic (exact) mass is 317 g/mol. The molecule has 100 valence electrons. The number of hydrogen-bond donors (Lipinski definition) is 0. The van der Waals surface area contributed by atoms with Crippen LogP contribution in [0.1, 0.15) is 10.4 Å². The van der Waals surface area contributed by atoms with E-state index in [1.807, 2.05) is 30.5 Å². The van der Waals surface area contributed by atoms with E-state index in [0.717, 1.165) is 17.1 Å². The predicted molar refractivity (Wildman–Crippen MR) is 90.4 cm³/mol. The normalized spacial score (nSPS) is 11.2. The Bertz CT molecular complexity index is 696. The first-order chi connectivity index (χ1) is 9.81. The Morgan fingerprint density at radius 3 is 2.60 bits per heavy atom. The molecule has 1 aromatic carbocycles. The van der Waals surface area contributed by atoms with Crippen molar-refractivity contribution in [2.24, 2.45) is 4.99 Å². The summed E-state index contributed by atoms with van der Waals surface area (Å²) >= 11 is 9.43. The molecule has 4 heteroatoms. The van der Waals surface area contributed by atoms with Crippen molar-refractivity contribution in [1.82, 2.24) is 0 Å². The number of nitrogens with zero attached hydrogens (tertiary/aromatic N) is 1. The van der Waals surface area contributed by atoms with Crippen molar-refractivity contribution in [2.75, 3.05) is 0 Å². The van der Waals surface area contributed by atoms with Gasteiger partial charge in [0.05, 0.1) is 6.54 Å². The van der Waals surface area contributed by atoms with Crippen LogP contribution < -0.4 is 0 Å². The third kappa shape index (κ3) is 3.37. The molecular formula is C16H12ClNS2. The summed E-state index contributed by atoms with van der Waals surface area (Å²) in [6.07, 6.45) is 1.89. The summed E-state index contributed by atoms with van der Waals surface area (Å²) in [6.45, 7) is 0.721. The molecule has 2 aromatic heterocycles. The van der Waals surface area contributed by atoms with E-state index in [1.54, 1.807) is 22.7 Å². The maximum absolute atomic E-state index is 5.85. The summed E-state index contributed by atoms with van der Waals surface area (Å²) in [6, 6.07) is 16.2. The van der Waals surface area contributed by atoms with Gasteiger partial charge in [0.2, 0.25) is 0 Å². The van der Waals surface area contributed by atoms with Crippen LogP contribution in [0, 0.1) is 0 Å². The van der Waals surface area contributed by atoms with E-state index < -0.39 is 0 Å². The van der Waals surface area contributed by atoms with Crippen LogP contribution in [0.3, 0.4) is 0 Å². The van der Waals surface area contributed by atoms with Gasteiger partial charge in [-0.05, 0) is 41.3 Å². The number of halogens is 1. The number of benzene rings is 1. The summed E-state index contributed by atoms with van der Waals surface area (Å²) in [7, 11) is 0. The molecule has 0 radical (unpaired) electrons. The van der Waals surface area contributed by atoms with Crippen molar-refractivity contribution in [2.45, 2.75) is 6.54 Å². The van der Waals surface area contributed by atoms with Crippen LogP contribution in [-0.4, -0.2) is 6.21 Å². The van der Waals surface area contributed by atoms with Crippen LogP contribution >= 0.6 is 34.3 Å². The highest BCUT2D eigenvalue weighted by Gasteiger charge is 2.02. The van der Waals surface area contributed by atoms with E-state index in [0.29, 0.717) is 0 Å². The third-order valence-electron chi connectivity index (χ3n) is 2.78. The van der Waals surface area contributed by atoms with Crippen LogP contribution in [0.15, 0.2) is 58.9 Å². The minimum atomic E-state index is 0.721. The molecule has 0 aliphatic carbocycles. The first kappa shape index (κ1) is 13.6. The Labute approximate surface area is 131 Å². The Morgan fingerprint density at radius 2 is 1.85 bits per heavy atom. The van der Waals surface area contributed by atoms with Gasteiger partial charge in [-0.1, -0.05) is 29.8 Å². The molecule has 0 bridgehead atoms. The van der Waals surface area contributed by atoms with E-state index in [9.17, 15) is 0 Å². The maximum Gasteiger partial charge on any atom is 0.0733 e. The molecule has 0 unspecified atom stereocenters. The molecule has 0 N–H and O–H groups in total. The van der Waals surface area contributed by atoms with Crippen LogP contribution in [0.4, 0.5) is 0 Å². The van der Waals surface area contributed by atoms with Gasteiger partial charge in [-0.15, -0.1) is 22.7 Å². The third-order valence-corrected chi connectivity index (χ3v) is 5.17. The number of rotatable bonds is 4. The van der Waals surface area contributed by atoms with Crippen molar-refractivity contribution in [3.05, 3.63) is 69.4 Å². The van der Waals surface area contributed by atoms with E-state index in [4.69, 9.17) is 11.6 Å². The molecule has 0 fully saturated rings. The molecule has 3 rings (SSSR count). The van der Waals surface area contributed by atoms with Crippen molar-refractivity contribution in [3.8, 4) is 9.75 Å². The molecule has 0 amide bonds. The largest absolute Gasteiger partial charge is 0.287 e. The van der Waals surface area contributed by atoms with Crippen LogP contribution in [0.2, 0.25) is 5.02 Å². The maximum atomic E-state index is 5.85. The highest BCUT2D eigenvalue weighted by Crippen LogP contribution is 2.31. The highest BCUT2D eigenvalue weighted by atomic mass is 35.5. The molecule has 0 aliphatic heterocycles. The van der Waals surface area contributed by atoms with Gasteiger partial charge in [-0.2, -0.15) is 0 Å². The van der Waals surface area contributed by atoms with Crippen LogP contribution in [0.25, 0.3) is 9.75 Å². The standard InChI is InChI=1S/C16H12ClNS2/c17-13-5-3-12(4-6-13)10-18-11-14-7-8-16(20-14)15-2-1-9-19-15/h1-10H,11H2. The summed E-state index contributed by atoms with van der Waals surface area (Å²) in [5.41, 5.74) is 1.07. The van der Waals surface area contributed by atoms with E-state index in [2.05, 4.69) is 34.6 Å². The van der Waals surface area contributed by atoms with E-state index >= 15 is 0 Å². The predicted octanol–water partition coefficient (Wildman–Crippen LogP) is 5.75. The Kier molecular flexibility index (Phi) is 4.31. The smallest absolute Gasteiger partial charge is 0.0733 e. The summed E-state index contributed by atoms with van der Waals surface area (Å²) in [4.78, 5) is 8.40. The lowest BCUT2D eigenvalue weighted by molar-refractivity contribution is 1.11. The van der Waals surface area contributed by atoms with E-state index in [1.165, 1.54) is 14.6 Å². The summed E-state index contributed by atoms with van der Waals surface area (Å²) in [5.74, 6) is 0. The zero-order chi connectivity index (χ0) is 13.8. The number of thiophene rings is 2. The minimum absolute atomic E-state index is 0.721. The fourth-order valence-electron chi connectivity index (χ4n) is 1.80. The number of aliphatic imine (C=N–C) groups is 1. The second-order valence-corrected chi connectivity index (χ2v) is 6.82. The second-order valence-electron chi connectivity index (χ2n) is 4.26. The molecule has 3 aromatic rings. The Hall–Kier alpha value is -1.42. The van der Waals surface area contributed by atoms with Gasteiger partial charge in [-0.3, -0.25) is 4.99 Å². The molecule has 0 saturated heterocycles. The first-order valence-corrected chi connectivity index (χ1v) is 8.27. The second kappa shape index (κ2) is 6.35. The van der Waals surface area contributed by atoms with E-state index in [-0.39, 0.29) is 0 Å². The van der Waals surface area contributed by atoms with Gasteiger partial charge < -0.3 is 0 Å². The van der Waals surface area contributed by atoms with Gasteiger partial charge in [-0.25, -0.2) is 0 Å². The zero-order valence-electron chi connectivity index (χ0n) is 10.6. The minimum Gasteiger partial charge on any atom is -0.287 e. The molecular weight excluding hydrogens is 306 g/mol. The molecule has 20 heavy (non-hydrogen) atoms. The van der Waals surface area contributed by atoms with Crippen molar-refractivity contribution in [1.29, 1.82) is 0 Å². The Balaban J connectivity index is 1.65. The lowest BCUT2D eigenvalue weighted by Gasteiger charge is -1.93. The SMILES string of the molecule is Clc1ccc(C=NCc2ccc(-c3cccs3)s2)cc1.